The third kappa shape index (κ3) is 4.51. The standard InChI is InChI=1S/C27H28O3/c1-27(2,3)23-10-5-19(6-11-23)17-29-25-14-9-21-15-22(18-30-26(21)16-25)20-7-12-24(28-4)13-8-20/h5-14,16,18H,15,17H2,1-4H3. The smallest absolute Gasteiger partial charge is 0.133 e. The summed E-state index contributed by atoms with van der Waals surface area (Å²) in [6, 6.07) is 22.8. The maximum atomic E-state index is 6.01. The molecule has 0 saturated heterocycles. The van der Waals surface area contributed by atoms with Crippen LogP contribution in [-0.2, 0) is 18.4 Å². The summed E-state index contributed by atoms with van der Waals surface area (Å²) in [5.74, 6) is 2.52. The third-order valence-corrected chi connectivity index (χ3v) is 5.43. The molecule has 3 nitrogen and oxygen atoms in total. The second-order valence-electron chi connectivity index (χ2n) is 8.67. The molecule has 0 saturated carbocycles. The predicted octanol–water partition coefficient (Wildman–Crippen LogP) is 6.55. The maximum absolute atomic E-state index is 6.01. The van der Waals surface area contributed by atoms with Crippen LogP contribution in [0.5, 0.6) is 17.2 Å². The van der Waals surface area contributed by atoms with E-state index in [1.807, 2.05) is 30.5 Å². The summed E-state index contributed by atoms with van der Waals surface area (Å²) >= 11 is 0. The van der Waals surface area contributed by atoms with Gasteiger partial charge in [0.25, 0.3) is 0 Å². The Morgan fingerprint density at radius 3 is 2.23 bits per heavy atom. The van der Waals surface area contributed by atoms with Gasteiger partial charge in [0.05, 0.1) is 13.4 Å². The highest BCUT2D eigenvalue weighted by molar-refractivity contribution is 5.70. The van der Waals surface area contributed by atoms with Crippen molar-refractivity contribution in [1.29, 1.82) is 0 Å². The molecule has 3 aromatic rings. The van der Waals surface area contributed by atoms with Crippen molar-refractivity contribution in [2.75, 3.05) is 7.11 Å². The molecule has 154 valence electrons. The van der Waals surface area contributed by atoms with Crippen LogP contribution >= 0.6 is 0 Å². The molecule has 3 heteroatoms. The zero-order valence-electron chi connectivity index (χ0n) is 18.1. The highest BCUT2D eigenvalue weighted by atomic mass is 16.5. The SMILES string of the molecule is COc1ccc(C2=COc3cc(OCc4ccc(C(C)(C)C)cc4)ccc3C2)cc1. The maximum Gasteiger partial charge on any atom is 0.133 e. The van der Waals surface area contributed by atoms with Crippen LogP contribution in [0, 0.1) is 0 Å². The molecule has 3 aromatic carbocycles. The van der Waals surface area contributed by atoms with Crippen molar-refractivity contribution in [3.8, 4) is 17.2 Å². The minimum atomic E-state index is 0.160. The molecule has 30 heavy (non-hydrogen) atoms. The lowest BCUT2D eigenvalue weighted by Crippen LogP contribution is -2.10. The van der Waals surface area contributed by atoms with Gasteiger partial charge >= 0.3 is 0 Å². The molecule has 4 rings (SSSR count). The van der Waals surface area contributed by atoms with Crippen LogP contribution in [0.3, 0.4) is 0 Å². The van der Waals surface area contributed by atoms with Gasteiger partial charge in [0, 0.05) is 12.5 Å². The van der Waals surface area contributed by atoms with Gasteiger partial charge in [-0.05, 0) is 51.4 Å². The first-order valence-electron chi connectivity index (χ1n) is 10.3. The van der Waals surface area contributed by atoms with Gasteiger partial charge < -0.3 is 14.2 Å². The molecule has 0 unspecified atom stereocenters. The van der Waals surface area contributed by atoms with Gasteiger partial charge in [-0.15, -0.1) is 0 Å². The number of hydrogen-bond acceptors (Lipinski definition) is 3. The predicted molar refractivity (Wildman–Crippen MR) is 121 cm³/mol. The van der Waals surface area contributed by atoms with Crippen LogP contribution in [-0.4, -0.2) is 7.11 Å². The van der Waals surface area contributed by atoms with Crippen molar-refractivity contribution in [2.45, 2.75) is 39.2 Å². The van der Waals surface area contributed by atoms with Gasteiger partial charge in [0.1, 0.15) is 23.9 Å². The highest BCUT2D eigenvalue weighted by Gasteiger charge is 2.16. The summed E-state index contributed by atoms with van der Waals surface area (Å²) in [4.78, 5) is 0. The molecule has 0 aliphatic carbocycles. The van der Waals surface area contributed by atoms with Crippen LogP contribution in [0.15, 0.2) is 73.0 Å². The molecule has 0 atom stereocenters. The molecule has 0 aromatic heterocycles. The highest BCUT2D eigenvalue weighted by Crippen LogP contribution is 2.34. The van der Waals surface area contributed by atoms with Crippen molar-refractivity contribution in [2.24, 2.45) is 0 Å². The average Bonchev–Trinajstić information content (AvgIpc) is 2.77. The first-order valence-corrected chi connectivity index (χ1v) is 10.3. The average molecular weight is 401 g/mol. The molecule has 1 aliphatic rings. The lowest BCUT2D eigenvalue weighted by Gasteiger charge is -2.20. The summed E-state index contributed by atoms with van der Waals surface area (Å²) in [7, 11) is 1.68. The zero-order chi connectivity index (χ0) is 21.1. The van der Waals surface area contributed by atoms with E-state index in [1.165, 1.54) is 5.56 Å². The molecule has 0 amide bonds. The second-order valence-corrected chi connectivity index (χ2v) is 8.67. The van der Waals surface area contributed by atoms with Gasteiger partial charge in [-0.2, -0.15) is 0 Å². The Morgan fingerprint density at radius 2 is 1.57 bits per heavy atom. The number of ether oxygens (including phenoxy) is 3. The minimum Gasteiger partial charge on any atom is -0.497 e. The monoisotopic (exact) mass is 400 g/mol. The van der Waals surface area contributed by atoms with E-state index < -0.39 is 0 Å². The third-order valence-electron chi connectivity index (χ3n) is 5.43. The van der Waals surface area contributed by atoms with Crippen molar-refractivity contribution in [3.05, 3.63) is 95.2 Å². The van der Waals surface area contributed by atoms with Crippen LogP contribution in [0.4, 0.5) is 0 Å². The molecular weight excluding hydrogens is 372 g/mol. The molecule has 0 N–H and O–H groups in total. The van der Waals surface area contributed by atoms with E-state index in [0.29, 0.717) is 6.61 Å². The number of methoxy groups -OCH3 is 1. The fraction of sp³-hybridized carbons (Fsp3) is 0.259. The number of benzene rings is 3. The number of hydrogen-bond donors (Lipinski definition) is 0. The van der Waals surface area contributed by atoms with Crippen LogP contribution in [0.25, 0.3) is 5.57 Å². The molecule has 0 bridgehead atoms. The van der Waals surface area contributed by atoms with E-state index in [0.717, 1.165) is 45.9 Å². The lowest BCUT2D eigenvalue weighted by atomic mass is 9.87. The molecule has 0 spiro atoms. The number of allylic oxidation sites excluding steroid dienone is 1. The molecule has 0 radical (unpaired) electrons. The molecule has 1 aliphatic heterocycles. The normalized spacial score (nSPS) is 13.1. The summed E-state index contributed by atoms with van der Waals surface area (Å²) in [5, 5.41) is 0. The Hall–Kier alpha value is -3.20. The first-order chi connectivity index (χ1) is 14.4. The van der Waals surface area contributed by atoms with Crippen molar-refractivity contribution in [3.63, 3.8) is 0 Å². The van der Waals surface area contributed by atoms with E-state index in [-0.39, 0.29) is 5.41 Å². The Bertz CT molecular complexity index is 1040. The Balaban J connectivity index is 1.41. The fourth-order valence-electron chi connectivity index (χ4n) is 3.50. The van der Waals surface area contributed by atoms with Gasteiger partial charge in [-0.1, -0.05) is 63.2 Å². The van der Waals surface area contributed by atoms with E-state index in [9.17, 15) is 0 Å². The largest absolute Gasteiger partial charge is 0.497 e. The van der Waals surface area contributed by atoms with E-state index in [4.69, 9.17) is 14.2 Å². The minimum absolute atomic E-state index is 0.160. The lowest BCUT2D eigenvalue weighted by molar-refractivity contribution is 0.304. The zero-order valence-corrected chi connectivity index (χ0v) is 18.1. The first kappa shape index (κ1) is 20.1. The summed E-state index contributed by atoms with van der Waals surface area (Å²) < 4.78 is 17.2. The number of rotatable bonds is 5. The van der Waals surface area contributed by atoms with Crippen molar-refractivity contribution < 1.29 is 14.2 Å². The number of fused-ring (bicyclic) bond motifs is 1. The van der Waals surface area contributed by atoms with Crippen LogP contribution < -0.4 is 14.2 Å². The van der Waals surface area contributed by atoms with E-state index >= 15 is 0 Å². The van der Waals surface area contributed by atoms with Gasteiger partial charge in [-0.25, -0.2) is 0 Å². The van der Waals surface area contributed by atoms with Gasteiger partial charge in [0.15, 0.2) is 0 Å². The molecule has 0 fully saturated rings. The van der Waals surface area contributed by atoms with Gasteiger partial charge in [-0.3, -0.25) is 0 Å². The molecular formula is C27H28O3. The Morgan fingerprint density at radius 1 is 0.867 bits per heavy atom. The molecule has 1 heterocycles. The van der Waals surface area contributed by atoms with Gasteiger partial charge in [0.2, 0.25) is 0 Å². The topological polar surface area (TPSA) is 27.7 Å². The summed E-state index contributed by atoms with van der Waals surface area (Å²) in [6.07, 6.45) is 2.66. The van der Waals surface area contributed by atoms with E-state index in [2.05, 4.69) is 63.2 Å². The van der Waals surface area contributed by atoms with Crippen molar-refractivity contribution >= 4 is 5.57 Å². The van der Waals surface area contributed by atoms with Crippen LogP contribution in [0.1, 0.15) is 43.0 Å². The van der Waals surface area contributed by atoms with Crippen molar-refractivity contribution in [1.82, 2.24) is 0 Å². The fourth-order valence-corrected chi connectivity index (χ4v) is 3.50. The summed E-state index contributed by atoms with van der Waals surface area (Å²) in [6.45, 7) is 7.20. The Kier molecular flexibility index (Phi) is 5.54. The Labute approximate surface area is 178 Å². The second kappa shape index (κ2) is 8.27. The van der Waals surface area contributed by atoms with Crippen LogP contribution in [0.2, 0.25) is 0 Å². The van der Waals surface area contributed by atoms with E-state index in [1.54, 1.807) is 7.11 Å². The quantitative estimate of drug-likeness (QED) is 0.486. The summed E-state index contributed by atoms with van der Waals surface area (Å²) in [5.41, 5.74) is 6.09.